The van der Waals surface area contributed by atoms with E-state index < -0.39 is 0 Å². The highest BCUT2D eigenvalue weighted by molar-refractivity contribution is 7.14. The molecule has 1 fully saturated rings. The second kappa shape index (κ2) is 5.36. The number of morpholine rings is 1. The molecule has 0 aromatic carbocycles. The van der Waals surface area contributed by atoms with E-state index in [1.807, 2.05) is 17.5 Å². The number of aromatic amines is 1. The van der Waals surface area contributed by atoms with Crippen LogP contribution in [-0.4, -0.2) is 36.2 Å². The van der Waals surface area contributed by atoms with E-state index in [2.05, 4.69) is 9.88 Å². The van der Waals surface area contributed by atoms with Crippen LogP contribution in [0.2, 0.25) is 0 Å². The molecule has 96 valence electrons. The number of rotatable bonds is 3. The fourth-order valence-electron chi connectivity index (χ4n) is 2.05. The third kappa shape index (κ3) is 2.56. The first-order chi connectivity index (χ1) is 8.83. The van der Waals surface area contributed by atoms with Crippen molar-refractivity contribution in [2.45, 2.75) is 6.54 Å². The summed E-state index contributed by atoms with van der Waals surface area (Å²) in [5, 5.41) is 2.03. The summed E-state index contributed by atoms with van der Waals surface area (Å²) in [6, 6.07) is 4.06. The molecule has 0 radical (unpaired) electrons. The Kier molecular flexibility index (Phi) is 3.60. The summed E-state index contributed by atoms with van der Waals surface area (Å²) in [5.41, 5.74) is 0.992. The molecular formula is C12H14N2O2S2. The van der Waals surface area contributed by atoms with Crippen molar-refractivity contribution < 1.29 is 4.74 Å². The monoisotopic (exact) mass is 282 g/mol. The van der Waals surface area contributed by atoms with E-state index in [0.717, 1.165) is 48.3 Å². The third-order valence-electron chi connectivity index (χ3n) is 2.96. The predicted molar refractivity (Wildman–Crippen MR) is 74.3 cm³/mol. The fourth-order valence-corrected chi connectivity index (χ4v) is 3.76. The number of nitrogens with one attached hydrogen (secondary N) is 1. The summed E-state index contributed by atoms with van der Waals surface area (Å²) in [6.45, 7) is 4.28. The number of hydrogen-bond acceptors (Lipinski definition) is 5. The molecule has 0 amide bonds. The van der Waals surface area contributed by atoms with E-state index in [-0.39, 0.29) is 4.87 Å². The number of nitrogens with zero attached hydrogens (tertiary/aromatic N) is 1. The van der Waals surface area contributed by atoms with Crippen molar-refractivity contribution in [3.63, 3.8) is 0 Å². The molecule has 1 N–H and O–H groups in total. The molecule has 4 nitrogen and oxygen atoms in total. The first-order valence-electron chi connectivity index (χ1n) is 5.89. The van der Waals surface area contributed by atoms with Crippen LogP contribution >= 0.6 is 22.7 Å². The van der Waals surface area contributed by atoms with Crippen LogP contribution in [0.15, 0.2) is 22.3 Å². The molecule has 0 saturated carbocycles. The van der Waals surface area contributed by atoms with Crippen LogP contribution in [-0.2, 0) is 11.3 Å². The molecule has 6 heteroatoms. The highest BCUT2D eigenvalue weighted by atomic mass is 32.1. The molecule has 1 saturated heterocycles. The van der Waals surface area contributed by atoms with Gasteiger partial charge in [-0.25, -0.2) is 0 Å². The van der Waals surface area contributed by atoms with Crippen LogP contribution < -0.4 is 4.87 Å². The van der Waals surface area contributed by atoms with E-state index in [1.54, 1.807) is 11.3 Å². The normalized spacial score (nSPS) is 17.1. The van der Waals surface area contributed by atoms with Gasteiger partial charge in [-0.05, 0) is 11.4 Å². The minimum atomic E-state index is 0.0293. The van der Waals surface area contributed by atoms with Crippen molar-refractivity contribution >= 4 is 22.7 Å². The molecule has 1 aliphatic rings. The lowest BCUT2D eigenvalue weighted by Gasteiger charge is -2.26. The van der Waals surface area contributed by atoms with Crippen LogP contribution in [0.3, 0.4) is 0 Å². The Morgan fingerprint density at radius 1 is 1.39 bits per heavy atom. The van der Waals surface area contributed by atoms with Crippen LogP contribution in [0.4, 0.5) is 0 Å². The van der Waals surface area contributed by atoms with Gasteiger partial charge in [0.2, 0.25) is 0 Å². The molecule has 0 unspecified atom stereocenters. The fraction of sp³-hybridized carbons (Fsp3) is 0.417. The van der Waals surface area contributed by atoms with Crippen molar-refractivity contribution in [1.82, 2.24) is 9.88 Å². The maximum atomic E-state index is 11.6. The van der Waals surface area contributed by atoms with Gasteiger partial charge >= 0.3 is 4.87 Å². The third-order valence-corrected chi connectivity index (χ3v) is 4.71. The van der Waals surface area contributed by atoms with E-state index in [9.17, 15) is 4.79 Å². The lowest BCUT2D eigenvalue weighted by molar-refractivity contribution is 0.0347. The zero-order valence-corrected chi connectivity index (χ0v) is 11.5. The van der Waals surface area contributed by atoms with Crippen LogP contribution in [0, 0.1) is 0 Å². The van der Waals surface area contributed by atoms with E-state index in [0.29, 0.717) is 0 Å². The highest BCUT2D eigenvalue weighted by Gasteiger charge is 2.16. The number of ether oxygens (including phenoxy) is 1. The van der Waals surface area contributed by atoms with Crippen LogP contribution in [0.1, 0.15) is 4.88 Å². The van der Waals surface area contributed by atoms with Gasteiger partial charge in [0, 0.05) is 24.5 Å². The molecule has 2 aromatic rings. The van der Waals surface area contributed by atoms with E-state index >= 15 is 0 Å². The Labute approximate surface area is 113 Å². The highest BCUT2D eigenvalue weighted by Crippen LogP contribution is 2.28. The van der Waals surface area contributed by atoms with E-state index in [1.165, 1.54) is 11.3 Å². The topological polar surface area (TPSA) is 45.3 Å². The molecule has 3 rings (SSSR count). The van der Waals surface area contributed by atoms with Crippen molar-refractivity contribution in [1.29, 1.82) is 0 Å². The van der Waals surface area contributed by atoms with E-state index in [4.69, 9.17) is 4.74 Å². The molecule has 0 atom stereocenters. The Hall–Kier alpha value is -0.950. The average molecular weight is 282 g/mol. The maximum Gasteiger partial charge on any atom is 0.305 e. The summed E-state index contributed by atoms with van der Waals surface area (Å²) in [5.74, 6) is 0. The second-order valence-corrected chi connectivity index (χ2v) is 6.19. The molecule has 1 aliphatic heterocycles. The largest absolute Gasteiger partial charge is 0.379 e. The van der Waals surface area contributed by atoms with Gasteiger partial charge in [-0.3, -0.25) is 9.69 Å². The molecule has 0 spiro atoms. The lowest BCUT2D eigenvalue weighted by atomic mass is 10.3. The maximum absolute atomic E-state index is 11.6. The first kappa shape index (κ1) is 12.1. The zero-order chi connectivity index (χ0) is 12.4. The Balaban J connectivity index is 1.85. The van der Waals surface area contributed by atoms with Crippen molar-refractivity contribution in [2.75, 3.05) is 26.3 Å². The smallest absolute Gasteiger partial charge is 0.305 e. The SMILES string of the molecule is O=c1[nH]c(-c2cccs2)c(CN2CCOCC2)s1. The Morgan fingerprint density at radius 2 is 2.22 bits per heavy atom. The summed E-state index contributed by atoms with van der Waals surface area (Å²) < 4.78 is 5.34. The van der Waals surface area contributed by atoms with Crippen molar-refractivity contribution in [3.05, 3.63) is 32.1 Å². The minimum Gasteiger partial charge on any atom is -0.379 e. The number of thiophene rings is 1. The second-order valence-electron chi connectivity index (χ2n) is 4.18. The van der Waals surface area contributed by atoms with Crippen molar-refractivity contribution in [3.8, 4) is 10.6 Å². The zero-order valence-electron chi connectivity index (χ0n) is 9.85. The Morgan fingerprint density at radius 3 is 2.94 bits per heavy atom. The lowest BCUT2D eigenvalue weighted by Crippen LogP contribution is -2.35. The standard InChI is InChI=1S/C12H14N2O2S2/c15-12-13-11(9-2-1-7-17-9)10(18-12)8-14-3-5-16-6-4-14/h1-2,7H,3-6,8H2,(H,13,15). The van der Waals surface area contributed by atoms with Gasteiger partial charge in [-0.15, -0.1) is 11.3 Å². The first-order valence-corrected chi connectivity index (χ1v) is 7.58. The average Bonchev–Trinajstić information content (AvgIpc) is 3.00. The molecular weight excluding hydrogens is 268 g/mol. The summed E-state index contributed by atoms with van der Waals surface area (Å²) in [7, 11) is 0. The number of hydrogen-bond donors (Lipinski definition) is 1. The summed E-state index contributed by atoms with van der Waals surface area (Å²) in [4.78, 5) is 19.2. The van der Waals surface area contributed by atoms with Gasteiger partial charge < -0.3 is 9.72 Å². The number of H-pyrrole nitrogens is 1. The van der Waals surface area contributed by atoms with Gasteiger partial charge in [0.25, 0.3) is 0 Å². The van der Waals surface area contributed by atoms with Gasteiger partial charge in [-0.2, -0.15) is 0 Å². The molecule has 18 heavy (non-hydrogen) atoms. The molecule has 0 bridgehead atoms. The molecule has 2 aromatic heterocycles. The van der Waals surface area contributed by atoms with Gasteiger partial charge in [-0.1, -0.05) is 17.4 Å². The van der Waals surface area contributed by atoms with Gasteiger partial charge in [0.05, 0.1) is 23.8 Å². The van der Waals surface area contributed by atoms with Gasteiger partial charge in [0.15, 0.2) is 0 Å². The van der Waals surface area contributed by atoms with Gasteiger partial charge in [0.1, 0.15) is 0 Å². The summed E-state index contributed by atoms with van der Waals surface area (Å²) in [6.07, 6.45) is 0. The number of aromatic nitrogens is 1. The van der Waals surface area contributed by atoms with Crippen LogP contribution in [0.25, 0.3) is 10.6 Å². The predicted octanol–water partition coefficient (Wildman–Crippen LogP) is 2.00. The van der Waals surface area contributed by atoms with Crippen molar-refractivity contribution in [2.24, 2.45) is 0 Å². The molecule has 0 aliphatic carbocycles. The minimum absolute atomic E-state index is 0.0293. The number of thiazole rings is 1. The van der Waals surface area contributed by atoms with Crippen LogP contribution in [0.5, 0.6) is 0 Å². The Bertz CT molecular complexity index is 553. The quantitative estimate of drug-likeness (QED) is 0.936. The molecule has 3 heterocycles. The summed E-state index contributed by atoms with van der Waals surface area (Å²) >= 11 is 2.98.